The Hall–Kier alpha value is -2.36. The molecule has 1 atom stereocenters. The Kier molecular flexibility index (Phi) is 5.37. The van der Waals surface area contributed by atoms with Gasteiger partial charge in [-0.05, 0) is 37.3 Å². The van der Waals surface area contributed by atoms with Crippen molar-refractivity contribution in [3.63, 3.8) is 0 Å². The summed E-state index contributed by atoms with van der Waals surface area (Å²) in [5, 5.41) is 2.25. The number of hydrogen-bond acceptors (Lipinski definition) is 4. The lowest BCUT2D eigenvalue weighted by Crippen LogP contribution is -2.26. The number of Topliss-reactive ketones (excluding diaryl/α,β-unsaturated/α-hetero) is 1. The number of hydrogen-bond donors (Lipinski definition) is 0. The summed E-state index contributed by atoms with van der Waals surface area (Å²) in [6.45, 7) is 3.47. The highest BCUT2D eigenvalue weighted by Gasteiger charge is 2.25. The Morgan fingerprint density at radius 3 is 2.48 bits per heavy atom. The molecule has 0 fully saturated rings. The summed E-state index contributed by atoms with van der Waals surface area (Å²) < 4.78 is 5.03. The van der Waals surface area contributed by atoms with Gasteiger partial charge in [0.05, 0.1) is 6.61 Å². The van der Waals surface area contributed by atoms with Gasteiger partial charge in [-0.25, -0.2) is 0 Å². The molecule has 2 aromatic rings. The number of benzene rings is 2. The zero-order chi connectivity index (χ0) is 17.0. The summed E-state index contributed by atoms with van der Waals surface area (Å²) in [5.41, 5.74) is 2.03. The Balaban J connectivity index is 2.42. The van der Waals surface area contributed by atoms with Gasteiger partial charge in [0.25, 0.3) is 0 Å². The Labute approximate surface area is 137 Å². The van der Waals surface area contributed by atoms with Crippen molar-refractivity contribution < 1.29 is 14.3 Å². The van der Waals surface area contributed by atoms with Gasteiger partial charge in [0.15, 0.2) is 0 Å². The highest BCUT2D eigenvalue weighted by atomic mass is 16.5. The highest BCUT2D eigenvalue weighted by molar-refractivity contribution is 5.99. The van der Waals surface area contributed by atoms with E-state index in [1.807, 2.05) is 49.3 Å². The van der Waals surface area contributed by atoms with E-state index in [1.54, 1.807) is 6.92 Å². The number of carbonyl (C=O) groups is 2. The maximum absolute atomic E-state index is 12.0. The summed E-state index contributed by atoms with van der Waals surface area (Å²) in [7, 11) is 3.97. The van der Waals surface area contributed by atoms with Gasteiger partial charge in [0.1, 0.15) is 11.7 Å². The van der Waals surface area contributed by atoms with Crippen molar-refractivity contribution in [2.75, 3.05) is 25.6 Å². The fraction of sp³-hybridized carbons (Fsp3) is 0.368. The number of ketones is 1. The second kappa shape index (κ2) is 7.27. The van der Waals surface area contributed by atoms with E-state index in [0.29, 0.717) is 6.42 Å². The molecule has 0 radical (unpaired) electrons. The third kappa shape index (κ3) is 3.89. The van der Waals surface area contributed by atoms with Gasteiger partial charge in [-0.2, -0.15) is 0 Å². The lowest BCUT2D eigenvalue weighted by atomic mass is 9.93. The molecule has 2 aromatic carbocycles. The first kappa shape index (κ1) is 17.0. The van der Waals surface area contributed by atoms with Crippen LogP contribution in [0.15, 0.2) is 36.4 Å². The molecule has 2 rings (SSSR count). The van der Waals surface area contributed by atoms with Crippen LogP contribution in [0.5, 0.6) is 0 Å². The van der Waals surface area contributed by atoms with Crippen LogP contribution in [-0.4, -0.2) is 32.5 Å². The molecule has 0 bridgehead atoms. The first-order chi connectivity index (χ1) is 10.9. The molecule has 0 amide bonds. The van der Waals surface area contributed by atoms with Gasteiger partial charge in [0, 0.05) is 25.2 Å². The largest absolute Gasteiger partial charge is 0.465 e. The van der Waals surface area contributed by atoms with E-state index in [0.717, 1.165) is 22.0 Å². The van der Waals surface area contributed by atoms with E-state index in [2.05, 4.69) is 6.07 Å². The molecule has 122 valence electrons. The molecule has 0 aliphatic rings. The molecule has 0 N–H and O–H groups in total. The number of rotatable bonds is 6. The number of anilines is 1. The normalized spacial score (nSPS) is 12.0. The predicted molar refractivity (Wildman–Crippen MR) is 92.8 cm³/mol. The second-order valence-corrected chi connectivity index (χ2v) is 5.85. The molecule has 0 aromatic heterocycles. The van der Waals surface area contributed by atoms with Gasteiger partial charge < -0.3 is 9.64 Å². The fourth-order valence-electron chi connectivity index (χ4n) is 2.71. The molecule has 4 nitrogen and oxygen atoms in total. The van der Waals surface area contributed by atoms with E-state index in [9.17, 15) is 9.59 Å². The van der Waals surface area contributed by atoms with Crippen LogP contribution < -0.4 is 4.90 Å². The molecule has 0 aliphatic heterocycles. The lowest BCUT2D eigenvalue weighted by molar-refractivity contribution is -0.151. The monoisotopic (exact) mass is 313 g/mol. The molecule has 4 heteroatoms. The van der Waals surface area contributed by atoms with E-state index in [-0.39, 0.29) is 12.4 Å². The van der Waals surface area contributed by atoms with Crippen molar-refractivity contribution in [1.82, 2.24) is 0 Å². The fourth-order valence-corrected chi connectivity index (χ4v) is 2.71. The van der Waals surface area contributed by atoms with Crippen LogP contribution in [0.4, 0.5) is 5.69 Å². The van der Waals surface area contributed by atoms with Crippen LogP contribution in [0.2, 0.25) is 0 Å². The van der Waals surface area contributed by atoms with Crippen LogP contribution in [-0.2, 0) is 20.7 Å². The SMILES string of the molecule is CCOC(=O)C(Cc1cc(N(C)C)c2ccccc2c1)C(C)=O. The average Bonchev–Trinajstić information content (AvgIpc) is 2.51. The summed E-state index contributed by atoms with van der Waals surface area (Å²) >= 11 is 0. The zero-order valence-electron chi connectivity index (χ0n) is 14.1. The topological polar surface area (TPSA) is 46.6 Å². The minimum Gasteiger partial charge on any atom is -0.465 e. The van der Waals surface area contributed by atoms with Gasteiger partial charge in [-0.15, -0.1) is 0 Å². The third-order valence-corrected chi connectivity index (χ3v) is 3.88. The number of nitrogens with zero attached hydrogens (tertiary/aromatic N) is 1. The smallest absolute Gasteiger partial charge is 0.316 e. The van der Waals surface area contributed by atoms with Crippen LogP contribution in [0.3, 0.4) is 0 Å². The van der Waals surface area contributed by atoms with Crippen molar-refractivity contribution >= 4 is 28.2 Å². The quantitative estimate of drug-likeness (QED) is 0.607. The van der Waals surface area contributed by atoms with Gasteiger partial charge in [0.2, 0.25) is 0 Å². The Morgan fingerprint density at radius 1 is 1.17 bits per heavy atom. The van der Waals surface area contributed by atoms with Crippen LogP contribution in [0, 0.1) is 5.92 Å². The molecule has 0 heterocycles. The van der Waals surface area contributed by atoms with Crippen LogP contribution in [0.25, 0.3) is 10.8 Å². The molecule has 1 unspecified atom stereocenters. The molecular weight excluding hydrogens is 290 g/mol. The van der Waals surface area contributed by atoms with Gasteiger partial charge >= 0.3 is 5.97 Å². The van der Waals surface area contributed by atoms with Crippen LogP contribution >= 0.6 is 0 Å². The Bertz CT molecular complexity index is 722. The van der Waals surface area contributed by atoms with Crippen molar-refractivity contribution in [3.8, 4) is 0 Å². The number of ether oxygens (including phenoxy) is 1. The predicted octanol–water partition coefficient (Wildman–Crippen LogP) is 3.22. The van der Waals surface area contributed by atoms with E-state index < -0.39 is 11.9 Å². The van der Waals surface area contributed by atoms with Gasteiger partial charge in [-0.3, -0.25) is 9.59 Å². The molecule has 0 aliphatic carbocycles. The van der Waals surface area contributed by atoms with E-state index >= 15 is 0 Å². The maximum atomic E-state index is 12.0. The molecular formula is C19H23NO3. The van der Waals surface area contributed by atoms with Crippen molar-refractivity contribution in [2.24, 2.45) is 5.92 Å². The number of esters is 1. The summed E-state index contributed by atoms with van der Waals surface area (Å²) in [5.74, 6) is -1.35. The standard InChI is InChI=1S/C19H23NO3/c1-5-23-19(22)17(13(2)21)11-14-10-15-8-6-7-9-16(15)18(12-14)20(3)4/h6-10,12,17H,5,11H2,1-4H3. The molecule has 23 heavy (non-hydrogen) atoms. The first-order valence-corrected chi connectivity index (χ1v) is 7.80. The second-order valence-electron chi connectivity index (χ2n) is 5.85. The van der Waals surface area contributed by atoms with Gasteiger partial charge in [-0.1, -0.05) is 30.3 Å². The minimum atomic E-state index is -0.744. The highest BCUT2D eigenvalue weighted by Crippen LogP contribution is 2.28. The summed E-state index contributed by atoms with van der Waals surface area (Å²) in [4.78, 5) is 25.9. The first-order valence-electron chi connectivity index (χ1n) is 7.80. The molecule has 0 saturated carbocycles. The Morgan fingerprint density at radius 2 is 1.87 bits per heavy atom. The number of carbonyl (C=O) groups excluding carboxylic acids is 2. The zero-order valence-corrected chi connectivity index (χ0v) is 14.1. The number of fused-ring (bicyclic) bond motifs is 1. The summed E-state index contributed by atoms with van der Waals surface area (Å²) in [6, 6.07) is 12.2. The van der Waals surface area contributed by atoms with Crippen molar-refractivity contribution in [1.29, 1.82) is 0 Å². The van der Waals surface area contributed by atoms with Crippen LogP contribution in [0.1, 0.15) is 19.4 Å². The lowest BCUT2D eigenvalue weighted by Gasteiger charge is -2.19. The third-order valence-electron chi connectivity index (χ3n) is 3.88. The van der Waals surface area contributed by atoms with Crippen molar-refractivity contribution in [3.05, 3.63) is 42.0 Å². The minimum absolute atomic E-state index is 0.164. The van der Waals surface area contributed by atoms with Crippen molar-refractivity contribution in [2.45, 2.75) is 20.3 Å². The molecule has 0 spiro atoms. The van der Waals surface area contributed by atoms with E-state index in [4.69, 9.17) is 4.74 Å². The average molecular weight is 313 g/mol. The maximum Gasteiger partial charge on any atom is 0.316 e. The summed E-state index contributed by atoms with van der Waals surface area (Å²) in [6.07, 6.45) is 0.361. The van der Waals surface area contributed by atoms with E-state index in [1.165, 1.54) is 6.92 Å². The molecule has 0 saturated heterocycles.